The number of rotatable bonds is 11. The van der Waals surface area contributed by atoms with E-state index in [1.54, 1.807) is 0 Å². The number of hydrogen-bond acceptors (Lipinski definition) is 0. The van der Waals surface area contributed by atoms with Crippen LogP contribution >= 0.6 is 32.3 Å². The Morgan fingerprint density at radius 2 is 0.440 bits per heavy atom. The Kier molecular flexibility index (Phi) is 24.2. The molecule has 0 fully saturated rings. The second kappa shape index (κ2) is 32.4. The second-order valence-electron chi connectivity index (χ2n) is 16.7. The molecule has 0 saturated carbocycles. The van der Waals surface area contributed by atoms with Crippen molar-refractivity contribution in [3.05, 3.63) is 358 Å². The van der Waals surface area contributed by atoms with Crippen molar-refractivity contribution >= 4 is 90.7 Å². The average molecular weight is 1080 g/mol. The molecule has 0 heterocycles. The molecule has 5 heteroatoms. The minimum absolute atomic E-state index is 0. The van der Waals surface area contributed by atoms with Crippen LogP contribution in [0.1, 0.15) is 0 Å². The Morgan fingerprint density at radius 1 is 0.213 bits per heavy atom. The van der Waals surface area contributed by atoms with Crippen molar-refractivity contribution in [1.29, 1.82) is 0 Å². The number of hydrogen-bond donors (Lipinski definition) is 0. The van der Waals surface area contributed by atoms with Gasteiger partial charge in [0.2, 0.25) is 0 Å². The van der Waals surface area contributed by atoms with Gasteiger partial charge in [0.05, 0.1) is 0 Å². The Balaban J connectivity index is 0.000000142. The Hall–Kier alpha value is -6.86. The molecule has 75 heavy (non-hydrogen) atoms. The van der Waals surface area contributed by atoms with E-state index >= 15 is 0 Å². The molecular weight excluding hydrogens is 1020 g/mol. The maximum absolute atomic E-state index is 2.23. The summed E-state index contributed by atoms with van der Waals surface area (Å²) in [5.74, 6) is 0. The van der Waals surface area contributed by atoms with E-state index in [2.05, 4.69) is 328 Å². The van der Waals surface area contributed by atoms with Crippen LogP contribution in [0, 0.1) is 0 Å². The van der Waals surface area contributed by atoms with E-state index in [1.807, 2.05) is 30.3 Å². The van der Waals surface area contributed by atoms with Crippen LogP contribution in [0.15, 0.2) is 358 Å². The summed E-state index contributed by atoms with van der Waals surface area (Å²) in [6.07, 6.45) is 0. The molecule has 0 spiro atoms. The minimum Gasteiger partial charge on any atom is -0.214 e. The molecule has 368 valence electrons. The van der Waals surface area contributed by atoms with E-state index in [0.717, 1.165) is 8.58 Å². The van der Waals surface area contributed by atoms with Crippen LogP contribution in [0.4, 0.5) is 0 Å². The minimum atomic E-state index is -0.446. The van der Waals surface area contributed by atoms with Gasteiger partial charge in [0.25, 0.3) is 0 Å². The third-order valence-corrected chi connectivity index (χ3v) is 20.0. The third-order valence-electron chi connectivity index (χ3n) is 11.4. The van der Waals surface area contributed by atoms with E-state index in [-0.39, 0.29) is 17.1 Å². The van der Waals surface area contributed by atoms with Crippen LogP contribution in [0.5, 0.6) is 0 Å². The summed E-state index contributed by atoms with van der Waals surface area (Å²) in [5.41, 5.74) is 0. The molecule has 0 nitrogen and oxygen atoms in total. The molecule has 0 N–H and O–H groups in total. The molecule has 0 amide bonds. The van der Waals surface area contributed by atoms with Crippen LogP contribution in [0.3, 0.4) is 0 Å². The average Bonchev–Trinajstić information content (AvgIpc) is 4.27. The molecule has 0 aliphatic heterocycles. The van der Waals surface area contributed by atoms with E-state index in [4.69, 9.17) is 0 Å². The van der Waals surface area contributed by atoms with Gasteiger partial charge in [0.1, 0.15) is 0 Å². The molecule has 0 aromatic heterocycles. The van der Waals surface area contributed by atoms with Gasteiger partial charge in [-0.2, -0.15) is 30.3 Å². The summed E-state index contributed by atoms with van der Waals surface area (Å²) in [6, 6.07) is 126. The zero-order valence-corrected chi connectivity index (χ0v) is 46.5. The smallest absolute Gasteiger partial charge is 0.214 e. The van der Waals surface area contributed by atoms with Gasteiger partial charge in [0.15, 0.2) is 0 Å². The van der Waals surface area contributed by atoms with Crippen molar-refractivity contribution in [2.75, 3.05) is 0 Å². The molecule has 0 aliphatic carbocycles. The maximum Gasteiger partial charge on any atom is 2.00 e. The third kappa shape index (κ3) is 18.2. The van der Waals surface area contributed by atoms with Gasteiger partial charge in [0, 0.05) is 0 Å². The predicted octanol–water partition coefficient (Wildman–Crippen LogP) is 13.8. The summed E-state index contributed by atoms with van der Waals surface area (Å²) < 4.78 is 0. The van der Waals surface area contributed by atoms with Crippen LogP contribution < -0.4 is 58.3 Å². The fourth-order valence-electron chi connectivity index (χ4n) is 8.00. The van der Waals surface area contributed by atoms with E-state index in [9.17, 15) is 0 Å². The van der Waals surface area contributed by atoms with Crippen LogP contribution in [0.25, 0.3) is 0 Å². The fraction of sp³-hybridized carbons (Fsp3) is 0. The van der Waals surface area contributed by atoms with Crippen molar-refractivity contribution in [3.63, 3.8) is 0 Å². The van der Waals surface area contributed by atoms with Gasteiger partial charge in [-0.3, -0.25) is 0 Å². The summed E-state index contributed by atoms with van der Waals surface area (Å²) in [7, 11) is -0.524. The SMILES string of the molecule is [Fe+2].c1cc[cH-]c1.c1ccc(P(c2ccccc2)c2ccc[cH-]2)cc1.c1ccc(P(c2ccccc2)c2ccccc2)cc1.c1ccc(P(c2ccccc2)c2ccccc2)cc1.c1ccc(Pc2ccccc2)cc1. The van der Waals surface area contributed by atoms with Gasteiger partial charge in [-0.1, -0.05) is 312 Å². The monoisotopic (exact) mass is 1080 g/mol. The molecule has 12 aromatic carbocycles. The summed E-state index contributed by atoms with van der Waals surface area (Å²) in [5, 5.41) is 15.4. The molecule has 0 saturated heterocycles. The molecule has 0 aliphatic rings. The summed E-state index contributed by atoms with van der Waals surface area (Å²) in [4.78, 5) is 0. The first-order valence-corrected chi connectivity index (χ1v) is 29.9. The molecule has 12 rings (SSSR count). The van der Waals surface area contributed by atoms with Gasteiger partial charge in [-0.15, -0.1) is 5.30 Å². The zero-order valence-electron chi connectivity index (χ0n) is 41.8. The van der Waals surface area contributed by atoms with Crippen molar-refractivity contribution in [2.24, 2.45) is 0 Å². The van der Waals surface area contributed by atoms with E-state index in [1.165, 1.54) is 58.3 Å². The van der Waals surface area contributed by atoms with Crippen molar-refractivity contribution < 1.29 is 17.1 Å². The van der Waals surface area contributed by atoms with Gasteiger partial charge < -0.3 is 0 Å². The fourth-order valence-corrected chi connectivity index (χ4v) is 16.0. The van der Waals surface area contributed by atoms with Gasteiger partial charge >= 0.3 is 17.1 Å². The van der Waals surface area contributed by atoms with Crippen molar-refractivity contribution in [2.45, 2.75) is 0 Å². The maximum atomic E-state index is 2.23. The topological polar surface area (TPSA) is 0 Å². The largest absolute Gasteiger partial charge is 2.00 e. The van der Waals surface area contributed by atoms with Crippen molar-refractivity contribution in [3.8, 4) is 0 Å². The Bertz CT molecular complexity index is 2840. The molecule has 12 aromatic rings. The van der Waals surface area contributed by atoms with Crippen LogP contribution in [-0.4, -0.2) is 0 Å². The molecule has 0 radical (unpaired) electrons. The predicted molar refractivity (Wildman–Crippen MR) is 334 cm³/mol. The Labute approximate surface area is 462 Å². The first-order chi connectivity index (χ1) is 36.8. The van der Waals surface area contributed by atoms with E-state index < -0.39 is 23.8 Å². The first-order valence-electron chi connectivity index (χ1n) is 24.9. The normalized spacial score (nSPS) is 10.2. The molecule has 0 atom stereocenters. The van der Waals surface area contributed by atoms with Crippen LogP contribution in [-0.2, 0) is 17.1 Å². The summed E-state index contributed by atoms with van der Waals surface area (Å²) in [6.45, 7) is 0. The summed E-state index contributed by atoms with van der Waals surface area (Å²) >= 11 is 0. The Morgan fingerprint density at radius 3 is 0.640 bits per heavy atom. The first kappa shape index (κ1) is 55.9. The zero-order chi connectivity index (χ0) is 50.5. The molecular formula is C70H60FeP4. The van der Waals surface area contributed by atoms with Crippen molar-refractivity contribution in [1.82, 2.24) is 0 Å². The van der Waals surface area contributed by atoms with Gasteiger partial charge in [-0.25, -0.2) is 24.3 Å². The van der Waals surface area contributed by atoms with E-state index in [0.29, 0.717) is 0 Å². The molecule has 0 unspecified atom stereocenters. The van der Waals surface area contributed by atoms with Gasteiger partial charge in [-0.05, 0) is 76.8 Å². The quantitative estimate of drug-likeness (QED) is 0.0688. The number of benzene rings is 10. The second-order valence-corrected chi connectivity index (χ2v) is 24.7. The molecule has 0 bridgehead atoms. The van der Waals surface area contributed by atoms with Crippen LogP contribution in [0.2, 0.25) is 0 Å². The standard InChI is InChI=1S/2C18H15P.C17H14P.C12H11P.C5H5.Fe/c2*1-4-10-16(11-5-1)19(17-12-6-2-7-13-17)18-14-8-3-9-15-18;1-3-9-15(10-4-1)18(17-13-7-8-14-17)16-11-5-2-6-12-16;1-3-7-11(8-4-1)13-12-9-5-2-6-10-12;1-2-4-5-3-1;/h2*1-15H;1-14H;1-10,13H;1-5H;/q;;-1;;-1;+2.